The first-order chi connectivity index (χ1) is 9.58. The molecule has 0 aliphatic carbocycles. The van der Waals surface area contributed by atoms with Crippen molar-refractivity contribution in [3.05, 3.63) is 28.8 Å². The van der Waals surface area contributed by atoms with Gasteiger partial charge < -0.3 is 14.6 Å². The molecule has 0 radical (unpaired) electrons. The van der Waals surface area contributed by atoms with Crippen molar-refractivity contribution >= 4 is 23.7 Å². The zero-order valence-corrected chi connectivity index (χ0v) is 13.2. The van der Waals surface area contributed by atoms with Crippen LogP contribution in [0.25, 0.3) is 0 Å². The summed E-state index contributed by atoms with van der Waals surface area (Å²) in [6, 6.07) is 4.67. The van der Waals surface area contributed by atoms with Crippen LogP contribution in [0.5, 0.6) is 5.75 Å². The molecule has 1 unspecified atom stereocenters. The zero-order valence-electron chi connectivity index (χ0n) is 12.5. The molecule has 21 heavy (non-hydrogen) atoms. The molecule has 0 heterocycles. The van der Waals surface area contributed by atoms with Crippen molar-refractivity contribution < 1.29 is 24.2 Å². The first-order valence-corrected chi connectivity index (χ1v) is 6.88. The number of carbonyl (C=O) groups excluding carboxylic acids is 1. The second-order valence-corrected chi connectivity index (χ2v) is 6.20. The van der Waals surface area contributed by atoms with Crippen molar-refractivity contribution in [2.24, 2.45) is 5.92 Å². The SMILES string of the molecule is CC(Cc1cc(Cl)ccc1OC(=O)OC(C)(C)C)C(=O)O. The lowest BCUT2D eigenvalue weighted by Gasteiger charge is -2.19. The maximum Gasteiger partial charge on any atom is 0.514 e. The van der Waals surface area contributed by atoms with Gasteiger partial charge in [0, 0.05) is 5.02 Å². The van der Waals surface area contributed by atoms with Crippen molar-refractivity contribution in [1.82, 2.24) is 0 Å². The maximum absolute atomic E-state index is 11.7. The standard InChI is InChI=1S/C15H19ClO5/c1-9(13(17)18)7-10-8-11(16)5-6-12(10)20-14(19)21-15(2,3)4/h5-6,8-9H,7H2,1-4H3,(H,17,18). The molecular formula is C15H19ClO5. The molecule has 0 amide bonds. The minimum absolute atomic E-state index is 0.202. The van der Waals surface area contributed by atoms with Crippen LogP contribution in [-0.2, 0) is 16.0 Å². The second kappa shape index (κ2) is 6.80. The Morgan fingerprint density at radius 3 is 2.48 bits per heavy atom. The predicted octanol–water partition coefficient (Wildman–Crippen LogP) is 3.92. The molecule has 1 aromatic carbocycles. The number of carboxylic acid groups (broad SMARTS) is 1. The highest BCUT2D eigenvalue weighted by atomic mass is 35.5. The number of carbonyl (C=O) groups is 2. The van der Waals surface area contributed by atoms with Gasteiger partial charge in [0.05, 0.1) is 5.92 Å². The van der Waals surface area contributed by atoms with Gasteiger partial charge in [0.1, 0.15) is 11.4 Å². The monoisotopic (exact) mass is 314 g/mol. The number of benzene rings is 1. The van der Waals surface area contributed by atoms with Gasteiger partial charge in [0.15, 0.2) is 0 Å². The molecule has 0 aromatic heterocycles. The largest absolute Gasteiger partial charge is 0.514 e. The van der Waals surface area contributed by atoms with E-state index in [1.54, 1.807) is 39.8 Å². The number of halogens is 1. The fourth-order valence-corrected chi connectivity index (χ4v) is 1.78. The fraction of sp³-hybridized carbons (Fsp3) is 0.467. The molecule has 1 aromatic rings. The molecule has 0 fully saturated rings. The highest BCUT2D eigenvalue weighted by Crippen LogP contribution is 2.26. The van der Waals surface area contributed by atoms with E-state index in [1.807, 2.05) is 0 Å². The van der Waals surface area contributed by atoms with Crippen LogP contribution >= 0.6 is 11.6 Å². The molecular weight excluding hydrogens is 296 g/mol. The molecule has 1 rings (SSSR count). The quantitative estimate of drug-likeness (QED) is 0.673. The Bertz CT molecular complexity index is 533. The number of ether oxygens (including phenoxy) is 2. The van der Waals surface area contributed by atoms with Crippen LogP contribution in [0.1, 0.15) is 33.3 Å². The Morgan fingerprint density at radius 1 is 1.33 bits per heavy atom. The normalized spacial score (nSPS) is 12.6. The van der Waals surface area contributed by atoms with Gasteiger partial charge in [-0.2, -0.15) is 0 Å². The summed E-state index contributed by atoms with van der Waals surface area (Å²) in [5, 5.41) is 9.42. The van der Waals surface area contributed by atoms with Crippen LogP contribution in [0.4, 0.5) is 4.79 Å². The molecule has 0 spiro atoms. The minimum atomic E-state index is -0.932. The van der Waals surface area contributed by atoms with Gasteiger partial charge in [-0.3, -0.25) is 4.79 Å². The third-order valence-corrected chi connectivity index (χ3v) is 2.79. The number of carboxylic acids is 1. The first-order valence-electron chi connectivity index (χ1n) is 6.50. The lowest BCUT2D eigenvalue weighted by molar-refractivity contribution is -0.141. The summed E-state index contributed by atoms with van der Waals surface area (Å²) in [6.45, 7) is 6.75. The Labute approximate surface area is 128 Å². The van der Waals surface area contributed by atoms with Gasteiger partial charge >= 0.3 is 12.1 Å². The van der Waals surface area contributed by atoms with Gasteiger partial charge in [-0.25, -0.2) is 4.79 Å². The van der Waals surface area contributed by atoms with Gasteiger partial charge in [-0.15, -0.1) is 0 Å². The first kappa shape index (κ1) is 17.3. The third-order valence-electron chi connectivity index (χ3n) is 2.55. The number of aliphatic carboxylic acids is 1. The van der Waals surface area contributed by atoms with E-state index in [2.05, 4.69) is 0 Å². The van der Waals surface area contributed by atoms with E-state index in [0.717, 1.165) is 0 Å². The van der Waals surface area contributed by atoms with E-state index < -0.39 is 23.6 Å². The van der Waals surface area contributed by atoms with Crippen molar-refractivity contribution in [1.29, 1.82) is 0 Å². The minimum Gasteiger partial charge on any atom is -0.481 e. The van der Waals surface area contributed by atoms with Gasteiger partial charge in [-0.1, -0.05) is 18.5 Å². The zero-order chi connectivity index (χ0) is 16.2. The van der Waals surface area contributed by atoms with Gasteiger partial charge in [-0.05, 0) is 51.0 Å². The van der Waals surface area contributed by atoms with Crippen LogP contribution in [0.2, 0.25) is 5.02 Å². The smallest absolute Gasteiger partial charge is 0.481 e. The van der Waals surface area contributed by atoms with E-state index in [9.17, 15) is 9.59 Å². The summed E-state index contributed by atoms with van der Waals surface area (Å²) in [5.41, 5.74) is -0.124. The number of hydrogen-bond donors (Lipinski definition) is 1. The molecule has 116 valence electrons. The molecule has 0 saturated heterocycles. The van der Waals surface area contributed by atoms with E-state index in [4.69, 9.17) is 26.2 Å². The third kappa shape index (κ3) is 6.04. The molecule has 0 saturated carbocycles. The molecule has 1 atom stereocenters. The summed E-state index contributed by atoms with van der Waals surface area (Å²) in [6.07, 6.45) is -0.636. The van der Waals surface area contributed by atoms with E-state index in [1.165, 1.54) is 6.07 Å². The van der Waals surface area contributed by atoms with Crippen LogP contribution in [0.3, 0.4) is 0 Å². The lowest BCUT2D eigenvalue weighted by Crippen LogP contribution is -2.26. The molecule has 6 heteroatoms. The van der Waals surface area contributed by atoms with E-state index in [-0.39, 0.29) is 12.2 Å². The van der Waals surface area contributed by atoms with Crippen molar-refractivity contribution in [2.75, 3.05) is 0 Å². The van der Waals surface area contributed by atoms with Crippen molar-refractivity contribution in [3.63, 3.8) is 0 Å². The van der Waals surface area contributed by atoms with Crippen LogP contribution in [0.15, 0.2) is 18.2 Å². The lowest BCUT2D eigenvalue weighted by atomic mass is 10.0. The molecule has 0 bridgehead atoms. The summed E-state index contributed by atoms with van der Waals surface area (Å²) < 4.78 is 10.2. The highest BCUT2D eigenvalue weighted by Gasteiger charge is 2.21. The Balaban J connectivity index is 2.91. The van der Waals surface area contributed by atoms with E-state index >= 15 is 0 Å². The topological polar surface area (TPSA) is 72.8 Å². The summed E-state index contributed by atoms with van der Waals surface area (Å²) >= 11 is 5.90. The Hall–Kier alpha value is -1.75. The second-order valence-electron chi connectivity index (χ2n) is 5.76. The van der Waals surface area contributed by atoms with Crippen LogP contribution in [-0.4, -0.2) is 22.8 Å². The maximum atomic E-state index is 11.7. The van der Waals surface area contributed by atoms with E-state index in [0.29, 0.717) is 10.6 Å². The summed E-state index contributed by atoms with van der Waals surface area (Å²) in [4.78, 5) is 22.6. The molecule has 0 aliphatic rings. The van der Waals surface area contributed by atoms with Gasteiger partial charge in [0.25, 0.3) is 0 Å². The Morgan fingerprint density at radius 2 is 1.95 bits per heavy atom. The molecule has 0 aliphatic heterocycles. The Kier molecular flexibility index (Phi) is 5.61. The molecule has 1 N–H and O–H groups in total. The average Bonchev–Trinajstić information content (AvgIpc) is 2.30. The molecule has 5 nitrogen and oxygen atoms in total. The van der Waals surface area contributed by atoms with Crippen molar-refractivity contribution in [3.8, 4) is 5.75 Å². The average molecular weight is 315 g/mol. The fourth-order valence-electron chi connectivity index (χ4n) is 1.58. The predicted molar refractivity (Wildman–Crippen MR) is 78.8 cm³/mol. The van der Waals surface area contributed by atoms with Gasteiger partial charge in [0.2, 0.25) is 0 Å². The summed E-state index contributed by atoms with van der Waals surface area (Å²) in [5.74, 6) is -1.30. The summed E-state index contributed by atoms with van der Waals surface area (Å²) in [7, 11) is 0. The number of rotatable bonds is 4. The number of hydrogen-bond acceptors (Lipinski definition) is 4. The highest BCUT2D eigenvalue weighted by molar-refractivity contribution is 6.30. The van der Waals surface area contributed by atoms with Crippen LogP contribution in [0, 0.1) is 5.92 Å². The van der Waals surface area contributed by atoms with Crippen LogP contribution < -0.4 is 4.74 Å². The van der Waals surface area contributed by atoms with Crippen molar-refractivity contribution in [2.45, 2.75) is 39.7 Å².